The van der Waals surface area contributed by atoms with Gasteiger partial charge in [-0.2, -0.15) is 13.8 Å². The predicted molar refractivity (Wildman–Crippen MR) is 98.9 cm³/mol. The fourth-order valence-corrected chi connectivity index (χ4v) is 4.30. The number of carbonyl (C=O) groups is 1. The summed E-state index contributed by atoms with van der Waals surface area (Å²) in [5.41, 5.74) is 0.529. The summed E-state index contributed by atoms with van der Waals surface area (Å²) in [5.74, 6) is -2.02. The summed E-state index contributed by atoms with van der Waals surface area (Å²) in [4.78, 5) is 21.4. The summed E-state index contributed by atoms with van der Waals surface area (Å²) >= 11 is 0.333. The maximum atomic E-state index is 13.0. The van der Waals surface area contributed by atoms with E-state index in [0.29, 0.717) is 47.4 Å². The number of nitrogens with one attached hydrogen (secondary N) is 1. The largest absolute Gasteiger partial charge is 0.342 e. The lowest BCUT2D eigenvalue weighted by Crippen LogP contribution is -2.46. The summed E-state index contributed by atoms with van der Waals surface area (Å²) in [6.45, 7) is 1.58. The van der Waals surface area contributed by atoms with E-state index in [9.17, 15) is 13.6 Å². The fraction of sp³-hybridized carbons (Fsp3) is 0.444. The van der Waals surface area contributed by atoms with Crippen molar-refractivity contribution in [2.24, 2.45) is 0 Å². The quantitative estimate of drug-likeness (QED) is 0.628. The number of hydrogen-bond acceptors (Lipinski definition) is 6. The number of benzene rings is 1. The van der Waals surface area contributed by atoms with Crippen LogP contribution in [0.5, 0.6) is 0 Å². The summed E-state index contributed by atoms with van der Waals surface area (Å²) in [6, 6.07) is 7.07. The summed E-state index contributed by atoms with van der Waals surface area (Å²) < 4.78 is 32.5. The minimum Gasteiger partial charge on any atom is -0.342 e. The van der Waals surface area contributed by atoms with Crippen LogP contribution in [0.3, 0.4) is 0 Å². The van der Waals surface area contributed by atoms with E-state index in [2.05, 4.69) is 20.4 Å². The summed E-state index contributed by atoms with van der Waals surface area (Å²) in [7, 11) is 0. The molecule has 1 aromatic carbocycles. The van der Waals surface area contributed by atoms with Crippen molar-refractivity contribution in [3.63, 3.8) is 0 Å². The lowest BCUT2D eigenvalue weighted by atomic mass is 9.96. The standard InChI is InChI=1S/C18H19F2N5O2S/c1-11-21-15(24-27-11)18(8-4-5-9-18)23-14(26)10-25-13-7-3-2-6-12(13)22-17(25)28-16(19)20/h2-3,6-7,16H,4-5,8-10H2,1H3,(H,23,26). The van der Waals surface area contributed by atoms with Crippen molar-refractivity contribution in [2.75, 3.05) is 0 Å². The fourth-order valence-electron chi connectivity index (χ4n) is 3.70. The topological polar surface area (TPSA) is 85.8 Å². The molecule has 1 N–H and O–H groups in total. The van der Waals surface area contributed by atoms with Gasteiger partial charge in [0.15, 0.2) is 11.0 Å². The molecule has 0 bridgehead atoms. The number of fused-ring (bicyclic) bond motifs is 1. The molecule has 2 aromatic heterocycles. The third-order valence-corrected chi connectivity index (χ3v) is 5.61. The second kappa shape index (κ2) is 7.50. The van der Waals surface area contributed by atoms with E-state index in [-0.39, 0.29) is 17.6 Å². The van der Waals surface area contributed by atoms with Crippen LogP contribution in [0.25, 0.3) is 11.0 Å². The summed E-state index contributed by atoms with van der Waals surface area (Å²) in [5, 5.41) is 7.15. The highest BCUT2D eigenvalue weighted by Gasteiger charge is 2.41. The highest BCUT2D eigenvalue weighted by molar-refractivity contribution is 7.99. The van der Waals surface area contributed by atoms with Crippen LogP contribution >= 0.6 is 11.8 Å². The molecule has 0 radical (unpaired) electrons. The molecule has 1 aliphatic carbocycles. The van der Waals surface area contributed by atoms with Crippen LogP contribution in [0.15, 0.2) is 33.9 Å². The molecular weight excluding hydrogens is 388 g/mol. The minimum absolute atomic E-state index is 0.113. The van der Waals surface area contributed by atoms with Gasteiger partial charge in [-0.05, 0) is 36.7 Å². The maximum Gasteiger partial charge on any atom is 0.291 e. The number of aromatic nitrogens is 4. The molecule has 0 spiro atoms. The number of thioether (sulfide) groups is 1. The van der Waals surface area contributed by atoms with Crippen molar-refractivity contribution in [3.8, 4) is 0 Å². The van der Waals surface area contributed by atoms with Gasteiger partial charge in [0.2, 0.25) is 11.8 Å². The molecule has 3 aromatic rings. The molecule has 1 saturated carbocycles. The number of imidazole rings is 1. The van der Waals surface area contributed by atoms with Gasteiger partial charge < -0.3 is 14.4 Å². The Morgan fingerprint density at radius 3 is 2.75 bits per heavy atom. The molecule has 7 nitrogen and oxygen atoms in total. The molecule has 28 heavy (non-hydrogen) atoms. The number of para-hydroxylation sites is 2. The molecular formula is C18H19F2N5O2S. The normalized spacial score (nSPS) is 16.1. The lowest BCUT2D eigenvalue weighted by Gasteiger charge is -2.27. The van der Waals surface area contributed by atoms with Gasteiger partial charge in [-0.15, -0.1) is 0 Å². The van der Waals surface area contributed by atoms with E-state index in [1.165, 1.54) is 4.57 Å². The first-order valence-electron chi connectivity index (χ1n) is 8.99. The molecule has 1 fully saturated rings. The Hall–Kier alpha value is -2.49. The molecule has 0 aliphatic heterocycles. The highest BCUT2D eigenvalue weighted by Crippen LogP contribution is 2.37. The van der Waals surface area contributed by atoms with Gasteiger partial charge in [-0.3, -0.25) is 4.79 Å². The Kier molecular flexibility index (Phi) is 5.05. The summed E-state index contributed by atoms with van der Waals surface area (Å²) in [6.07, 6.45) is 3.30. The molecule has 2 heterocycles. The van der Waals surface area contributed by atoms with E-state index >= 15 is 0 Å². The number of alkyl halides is 2. The Morgan fingerprint density at radius 1 is 1.32 bits per heavy atom. The van der Waals surface area contributed by atoms with Gasteiger partial charge in [0.25, 0.3) is 5.76 Å². The Labute approximate surface area is 163 Å². The number of nitrogens with zero attached hydrogens (tertiary/aromatic N) is 4. The molecule has 1 amide bonds. The lowest BCUT2D eigenvalue weighted by molar-refractivity contribution is -0.123. The van der Waals surface area contributed by atoms with E-state index in [1.807, 2.05) is 0 Å². The third-order valence-electron chi connectivity index (χ3n) is 4.91. The molecule has 4 rings (SSSR count). The molecule has 148 valence electrons. The second-order valence-electron chi connectivity index (χ2n) is 6.82. The van der Waals surface area contributed by atoms with Crippen LogP contribution in [-0.2, 0) is 16.9 Å². The first-order chi connectivity index (χ1) is 13.5. The molecule has 0 atom stereocenters. The van der Waals surface area contributed by atoms with Crippen LogP contribution in [0.2, 0.25) is 0 Å². The van der Waals surface area contributed by atoms with Gasteiger partial charge in [0.1, 0.15) is 12.1 Å². The molecule has 0 saturated heterocycles. The first-order valence-corrected chi connectivity index (χ1v) is 9.87. The SMILES string of the molecule is Cc1nc(C2(NC(=O)Cn3c(SC(F)F)nc4ccccc43)CCCC2)no1. The number of aryl methyl sites for hydroxylation is 1. The number of carbonyl (C=O) groups excluding carboxylic acids is 1. The second-order valence-corrected chi connectivity index (χ2v) is 7.78. The Bertz CT molecular complexity index is 997. The zero-order valence-corrected chi connectivity index (χ0v) is 16.0. The van der Waals surface area contributed by atoms with Crippen molar-refractivity contribution in [1.29, 1.82) is 0 Å². The van der Waals surface area contributed by atoms with E-state index in [4.69, 9.17) is 4.52 Å². The van der Waals surface area contributed by atoms with Gasteiger partial charge in [0.05, 0.1) is 11.0 Å². The predicted octanol–water partition coefficient (Wildman–Crippen LogP) is 3.63. The van der Waals surface area contributed by atoms with Crippen molar-refractivity contribution in [1.82, 2.24) is 25.0 Å². The molecule has 10 heteroatoms. The van der Waals surface area contributed by atoms with E-state index in [1.54, 1.807) is 31.2 Å². The van der Waals surface area contributed by atoms with Crippen molar-refractivity contribution in [2.45, 2.75) is 55.6 Å². The smallest absolute Gasteiger partial charge is 0.291 e. The zero-order valence-electron chi connectivity index (χ0n) is 15.2. The Morgan fingerprint density at radius 2 is 2.07 bits per heavy atom. The highest BCUT2D eigenvalue weighted by atomic mass is 32.2. The van der Waals surface area contributed by atoms with Crippen LogP contribution in [0, 0.1) is 6.92 Å². The number of halogens is 2. The average Bonchev–Trinajstić information content (AvgIpc) is 3.36. The van der Waals surface area contributed by atoms with Gasteiger partial charge in [-0.25, -0.2) is 4.98 Å². The van der Waals surface area contributed by atoms with E-state index in [0.717, 1.165) is 12.8 Å². The van der Waals surface area contributed by atoms with Crippen molar-refractivity contribution < 1.29 is 18.1 Å². The molecule has 1 aliphatic rings. The molecule has 0 unspecified atom stereocenters. The van der Waals surface area contributed by atoms with Crippen LogP contribution in [-0.4, -0.2) is 31.4 Å². The number of rotatable bonds is 6. The first kappa shape index (κ1) is 18.9. The van der Waals surface area contributed by atoms with Crippen LogP contribution < -0.4 is 5.32 Å². The third kappa shape index (κ3) is 3.60. The van der Waals surface area contributed by atoms with Crippen LogP contribution in [0.1, 0.15) is 37.4 Å². The van der Waals surface area contributed by atoms with Crippen LogP contribution in [0.4, 0.5) is 8.78 Å². The minimum atomic E-state index is -2.62. The Balaban J connectivity index is 1.61. The number of amides is 1. The number of hydrogen-bond donors (Lipinski definition) is 1. The zero-order chi connectivity index (χ0) is 19.7. The van der Waals surface area contributed by atoms with Gasteiger partial charge in [0, 0.05) is 6.92 Å². The monoisotopic (exact) mass is 407 g/mol. The maximum absolute atomic E-state index is 13.0. The van der Waals surface area contributed by atoms with Gasteiger partial charge in [-0.1, -0.05) is 30.1 Å². The average molecular weight is 407 g/mol. The van der Waals surface area contributed by atoms with Gasteiger partial charge >= 0.3 is 0 Å². The van der Waals surface area contributed by atoms with E-state index < -0.39 is 11.3 Å². The van der Waals surface area contributed by atoms with Crippen molar-refractivity contribution in [3.05, 3.63) is 36.0 Å². The van der Waals surface area contributed by atoms with Crippen molar-refractivity contribution >= 4 is 28.7 Å².